The molecule has 0 bridgehead atoms. The molecule has 5 rings (SSSR count). The zero-order valence-corrected chi connectivity index (χ0v) is 27.9. The summed E-state index contributed by atoms with van der Waals surface area (Å²) in [5.41, 5.74) is 1.29. The minimum Gasteiger partial charge on any atom is -0.358 e. The summed E-state index contributed by atoms with van der Waals surface area (Å²) in [7, 11) is -4.60. The minimum absolute atomic E-state index is 0. The summed E-state index contributed by atoms with van der Waals surface area (Å²) in [4.78, 5) is 0.162. The molecular formula is C30H55Fe2O3PS. The first kappa shape index (κ1) is 44.6. The van der Waals surface area contributed by atoms with Crippen molar-refractivity contribution < 1.29 is 47.1 Å². The van der Waals surface area contributed by atoms with E-state index in [0.717, 1.165) is 5.30 Å². The summed E-state index contributed by atoms with van der Waals surface area (Å²) in [5, 5.41) is 0.925. The second-order valence-electron chi connectivity index (χ2n) is 9.76. The van der Waals surface area contributed by atoms with Crippen molar-refractivity contribution in [3.8, 4) is 0 Å². The molecule has 4 saturated carbocycles. The van der Waals surface area contributed by atoms with E-state index in [1.165, 1.54) is 116 Å². The predicted molar refractivity (Wildman–Crippen MR) is 159 cm³/mol. The minimum atomic E-state index is -4.12. The predicted octanol–water partition coefficient (Wildman–Crippen LogP) is 9.62. The summed E-state index contributed by atoms with van der Waals surface area (Å²) >= 11 is 0. The van der Waals surface area contributed by atoms with Gasteiger partial charge in [-0.25, -0.2) is 0 Å². The molecule has 0 radical (unpaired) electrons. The molecular weight excluding hydrogens is 583 g/mol. The molecule has 1 aromatic carbocycles. The molecule has 4 fully saturated rings. The van der Waals surface area contributed by atoms with E-state index in [9.17, 15) is 13.0 Å². The Bertz CT molecular complexity index is 700. The van der Waals surface area contributed by atoms with Crippen LogP contribution in [0.2, 0.25) is 0 Å². The van der Waals surface area contributed by atoms with Crippen molar-refractivity contribution in [3.63, 3.8) is 0 Å². The smallest absolute Gasteiger partial charge is 0.358 e. The molecule has 0 heterocycles. The maximum atomic E-state index is 11.8. The number of rotatable bonds is 4. The van der Waals surface area contributed by atoms with Crippen molar-refractivity contribution in [2.24, 2.45) is 0 Å². The Morgan fingerprint density at radius 2 is 0.865 bits per heavy atom. The van der Waals surface area contributed by atoms with Gasteiger partial charge in [-0.1, -0.05) is 116 Å². The number of benzene rings is 1. The van der Waals surface area contributed by atoms with Gasteiger partial charge in [-0.15, -0.1) is 0 Å². The van der Waals surface area contributed by atoms with E-state index < -0.39 is 18.0 Å². The van der Waals surface area contributed by atoms with Crippen molar-refractivity contribution in [1.82, 2.24) is 0 Å². The van der Waals surface area contributed by atoms with Gasteiger partial charge in [0, 0.05) is 0 Å². The van der Waals surface area contributed by atoms with E-state index in [2.05, 4.69) is 0 Å². The maximum absolute atomic E-state index is 11.8. The van der Waals surface area contributed by atoms with Crippen LogP contribution in [-0.4, -0.2) is 24.3 Å². The first-order valence-corrected chi connectivity index (χ1v) is 15.8. The molecule has 0 aromatic heterocycles. The fourth-order valence-corrected chi connectivity index (χ4v) is 10.8. The Labute approximate surface area is 255 Å². The van der Waals surface area contributed by atoms with E-state index >= 15 is 0 Å². The topological polar surface area (TPSA) is 54.4 Å². The van der Waals surface area contributed by atoms with Crippen LogP contribution < -0.4 is 5.30 Å². The Morgan fingerprint density at radius 1 is 0.568 bits per heavy atom. The van der Waals surface area contributed by atoms with Gasteiger partial charge in [-0.05, 0) is 48.4 Å². The molecule has 3 nitrogen and oxygen atoms in total. The van der Waals surface area contributed by atoms with E-state index in [-0.39, 0.29) is 68.7 Å². The van der Waals surface area contributed by atoms with Crippen LogP contribution in [0.3, 0.4) is 0 Å². The Morgan fingerprint density at radius 3 is 1.16 bits per heavy atom. The Hall–Kier alpha value is 0.599. The van der Waals surface area contributed by atoms with E-state index in [1.54, 1.807) is 12.1 Å². The summed E-state index contributed by atoms with van der Waals surface area (Å²) < 4.78 is 33.1. The van der Waals surface area contributed by atoms with Gasteiger partial charge in [0.05, 0.1) is 0 Å². The summed E-state index contributed by atoms with van der Waals surface area (Å²) in [6.07, 6.45) is 25.0. The Kier molecular flexibility index (Phi) is 29.4. The van der Waals surface area contributed by atoms with Crippen molar-refractivity contribution in [3.05, 3.63) is 54.0 Å². The number of hydrogen-bond acceptors (Lipinski definition) is 2. The standard InChI is InChI=1S/C16H23O3PS.2C5H10.4CH3.2Fe/c17-21(18,19)16-12-6-5-11-15(16)20(13-7-1-2-8-13)14-9-3-4-10-14;2*1-2-4-5-3-1;;;;;;/h5-6,11-14H,1-4,7-10H2,(H,17,18,19);2*1-5H2;4*1H3;;/q;;;4*-1;2*+2. The molecule has 0 unspecified atom stereocenters. The van der Waals surface area contributed by atoms with Crippen molar-refractivity contribution in [2.45, 2.75) is 132 Å². The first-order valence-electron chi connectivity index (χ1n) is 12.9. The molecule has 1 aromatic rings. The summed E-state index contributed by atoms with van der Waals surface area (Å²) in [6.45, 7) is 0. The molecule has 0 atom stereocenters. The van der Waals surface area contributed by atoms with Gasteiger partial charge in [0.25, 0.3) is 10.1 Å². The van der Waals surface area contributed by atoms with E-state index in [0.29, 0.717) is 11.3 Å². The molecule has 37 heavy (non-hydrogen) atoms. The van der Waals surface area contributed by atoms with Crippen LogP contribution in [0.25, 0.3) is 0 Å². The molecule has 1 N–H and O–H groups in total. The van der Waals surface area contributed by atoms with Gasteiger partial charge in [0.15, 0.2) is 0 Å². The van der Waals surface area contributed by atoms with Gasteiger partial charge >= 0.3 is 34.1 Å². The third-order valence-corrected chi connectivity index (χ3v) is 12.0. The second-order valence-corrected chi connectivity index (χ2v) is 13.9. The fourth-order valence-electron chi connectivity index (χ4n) is 5.71. The summed E-state index contributed by atoms with van der Waals surface area (Å²) in [6, 6.07) is 7.15. The third kappa shape index (κ3) is 15.3. The average molecular weight is 638 g/mol. The zero-order valence-electron chi connectivity index (χ0n) is 24.0. The SMILES string of the molecule is C1CCCC1.C1CCCC1.O=S(=O)(O)c1ccccc1P(C1CCCC1)C1CCCC1.[CH3-].[CH3-].[CH3-].[CH3-].[Fe+2].[Fe+2]. The monoisotopic (exact) mass is 638 g/mol. The van der Waals surface area contributed by atoms with Crippen molar-refractivity contribution in [2.75, 3.05) is 0 Å². The molecule has 0 spiro atoms. The molecule has 4 aliphatic rings. The average Bonchev–Trinajstić information content (AvgIpc) is 3.59. The van der Waals surface area contributed by atoms with Gasteiger partial charge in [-0.2, -0.15) is 8.42 Å². The van der Waals surface area contributed by atoms with Crippen LogP contribution >= 0.6 is 7.92 Å². The van der Waals surface area contributed by atoms with Crippen molar-refractivity contribution in [1.29, 1.82) is 0 Å². The fraction of sp³-hybridized carbons (Fsp3) is 0.667. The first-order chi connectivity index (χ1) is 15.1. The molecule has 0 saturated heterocycles. The van der Waals surface area contributed by atoms with Gasteiger partial charge in [-0.3, -0.25) is 4.55 Å². The largest absolute Gasteiger partial charge is 2.00 e. The molecule has 0 aliphatic heterocycles. The second kappa shape index (κ2) is 24.4. The van der Waals surface area contributed by atoms with Crippen LogP contribution in [0, 0.1) is 29.7 Å². The van der Waals surface area contributed by atoms with Crippen LogP contribution in [0.15, 0.2) is 29.2 Å². The third-order valence-electron chi connectivity index (χ3n) is 7.36. The molecule has 0 amide bonds. The molecule has 7 heteroatoms. The van der Waals surface area contributed by atoms with E-state index in [1.807, 2.05) is 12.1 Å². The zero-order chi connectivity index (χ0) is 21.9. The van der Waals surface area contributed by atoms with Crippen LogP contribution in [-0.2, 0) is 44.3 Å². The molecule has 220 valence electrons. The normalized spacial score (nSPS) is 18.6. The van der Waals surface area contributed by atoms with Gasteiger partial charge in [0.1, 0.15) is 4.90 Å². The van der Waals surface area contributed by atoms with Crippen LogP contribution in [0.4, 0.5) is 0 Å². The number of hydrogen-bond donors (Lipinski definition) is 1. The van der Waals surface area contributed by atoms with Crippen LogP contribution in [0.5, 0.6) is 0 Å². The van der Waals surface area contributed by atoms with E-state index in [4.69, 9.17) is 0 Å². The van der Waals surface area contributed by atoms with Crippen LogP contribution in [0.1, 0.15) is 116 Å². The molecule has 4 aliphatic carbocycles. The maximum Gasteiger partial charge on any atom is 2.00 e. The van der Waals surface area contributed by atoms with Gasteiger partial charge < -0.3 is 29.7 Å². The Balaban J connectivity index is -0.000000289. The summed E-state index contributed by atoms with van der Waals surface area (Å²) in [5.74, 6) is 0. The van der Waals surface area contributed by atoms with Gasteiger partial charge in [0.2, 0.25) is 0 Å². The quantitative estimate of drug-likeness (QED) is 0.155. The van der Waals surface area contributed by atoms with Crippen molar-refractivity contribution >= 4 is 23.3 Å².